The SMILES string of the molecule is Cc1cc(-c2cc(C(=O)O)c3cc(S(=O)(=O)N4CCCC4)ccc3n2)c(C)s1. The van der Waals surface area contributed by atoms with Gasteiger partial charge >= 0.3 is 5.97 Å². The van der Waals surface area contributed by atoms with Crippen LogP contribution in [0.4, 0.5) is 0 Å². The highest BCUT2D eigenvalue weighted by molar-refractivity contribution is 7.89. The van der Waals surface area contributed by atoms with E-state index in [0.29, 0.717) is 29.7 Å². The van der Waals surface area contributed by atoms with Gasteiger partial charge in [-0.3, -0.25) is 0 Å². The Hall–Kier alpha value is -2.29. The van der Waals surface area contributed by atoms with Crippen LogP contribution in [0.15, 0.2) is 35.2 Å². The van der Waals surface area contributed by atoms with Crippen molar-refractivity contribution in [3.63, 3.8) is 0 Å². The molecule has 1 aliphatic rings. The second kappa shape index (κ2) is 6.95. The van der Waals surface area contributed by atoms with Crippen LogP contribution in [0.25, 0.3) is 22.2 Å². The van der Waals surface area contributed by atoms with E-state index >= 15 is 0 Å². The first-order valence-corrected chi connectivity index (χ1v) is 11.3. The maximum absolute atomic E-state index is 12.9. The van der Waals surface area contributed by atoms with E-state index in [-0.39, 0.29) is 10.5 Å². The van der Waals surface area contributed by atoms with Gasteiger partial charge in [0.05, 0.1) is 21.7 Å². The Morgan fingerprint density at radius 2 is 1.86 bits per heavy atom. The molecule has 0 unspecified atom stereocenters. The lowest BCUT2D eigenvalue weighted by Crippen LogP contribution is -2.27. The van der Waals surface area contributed by atoms with Crippen molar-refractivity contribution in [3.8, 4) is 11.3 Å². The molecule has 4 rings (SSSR count). The number of nitrogens with zero attached hydrogens (tertiary/aromatic N) is 2. The van der Waals surface area contributed by atoms with Crippen molar-refractivity contribution < 1.29 is 18.3 Å². The monoisotopic (exact) mass is 416 g/mol. The van der Waals surface area contributed by atoms with Crippen LogP contribution >= 0.6 is 11.3 Å². The molecule has 1 aliphatic heterocycles. The van der Waals surface area contributed by atoms with Crippen LogP contribution in [0.5, 0.6) is 0 Å². The third-order valence-electron chi connectivity index (χ3n) is 5.03. The standard InChI is InChI=1S/C20H20N2O4S2/c1-12-9-15(13(2)27-12)19-11-17(20(23)24)16-10-14(5-6-18(16)21-19)28(25,26)22-7-3-4-8-22/h5-6,9-11H,3-4,7-8H2,1-2H3,(H,23,24). The molecule has 28 heavy (non-hydrogen) atoms. The number of fused-ring (bicyclic) bond motifs is 1. The molecule has 0 radical (unpaired) electrons. The quantitative estimate of drug-likeness (QED) is 0.693. The van der Waals surface area contributed by atoms with Crippen molar-refractivity contribution in [3.05, 3.63) is 45.6 Å². The molecule has 0 atom stereocenters. The molecule has 0 aliphatic carbocycles. The lowest BCUT2D eigenvalue weighted by Gasteiger charge is -2.16. The molecule has 3 aromatic rings. The number of thiophene rings is 1. The average Bonchev–Trinajstić information content (AvgIpc) is 3.30. The van der Waals surface area contributed by atoms with E-state index < -0.39 is 16.0 Å². The van der Waals surface area contributed by atoms with Gasteiger partial charge in [-0.2, -0.15) is 4.31 Å². The van der Waals surface area contributed by atoms with Gasteiger partial charge in [0.1, 0.15) is 0 Å². The third kappa shape index (κ3) is 3.21. The minimum Gasteiger partial charge on any atom is -0.478 e. The van der Waals surface area contributed by atoms with Crippen LogP contribution in [0.3, 0.4) is 0 Å². The molecule has 1 saturated heterocycles. The van der Waals surface area contributed by atoms with Gasteiger partial charge in [0.15, 0.2) is 0 Å². The Morgan fingerprint density at radius 1 is 1.14 bits per heavy atom. The number of aromatic carboxylic acids is 1. The number of benzene rings is 1. The van der Waals surface area contributed by atoms with E-state index in [9.17, 15) is 18.3 Å². The van der Waals surface area contributed by atoms with Crippen molar-refractivity contribution in [2.24, 2.45) is 0 Å². The number of aryl methyl sites for hydroxylation is 2. The number of rotatable bonds is 4. The molecular formula is C20H20N2O4S2. The van der Waals surface area contributed by atoms with E-state index in [1.807, 2.05) is 19.9 Å². The van der Waals surface area contributed by atoms with Crippen LogP contribution in [-0.2, 0) is 10.0 Å². The van der Waals surface area contributed by atoms with Gasteiger partial charge in [-0.05, 0) is 57.0 Å². The van der Waals surface area contributed by atoms with Gasteiger partial charge in [0.2, 0.25) is 10.0 Å². The summed E-state index contributed by atoms with van der Waals surface area (Å²) in [6.45, 7) is 4.97. The summed E-state index contributed by atoms with van der Waals surface area (Å²) in [5.74, 6) is -1.10. The molecule has 3 heterocycles. The largest absolute Gasteiger partial charge is 0.478 e. The number of hydrogen-bond acceptors (Lipinski definition) is 5. The highest BCUT2D eigenvalue weighted by atomic mass is 32.2. The Morgan fingerprint density at radius 3 is 2.46 bits per heavy atom. The van der Waals surface area contributed by atoms with Gasteiger partial charge in [-0.25, -0.2) is 18.2 Å². The summed E-state index contributed by atoms with van der Waals surface area (Å²) < 4.78 is 27.2. The fraction of sp³-hybridized carbons (Fsp3) is 0.300. The lowest BCUT2D eigenvalue weighted by molar-refractivity contribution is 0.0699. The second-order valence-corrected chi connectivity index (χ2v) is 10.4. The first-order chi connectivity index (χ1) is 13.3. The molecule has 0 amide bonds. The van der Waals surface area contributed by atoms with Gasteiger partial charge in [-0.15, -0.1) is 11.3 Å². The smallest absolute Gasteiger partial charge is 0.336 e. The van der Waals surface area contributed by atoms with Gasteiger partial charge in [0.25, 0.3) is 0 Å². The van der Waals surface area contributed by atoms with Crippen molar-refractivity contribution >= 4 is 38.2 Å². The molecule has 0 spiro atoms. The second-order valence-electron chi connectivity index (χ2n) is 6.98. The molecule has 1 N–H and O–H groups in total. The zero-order chi connectivity index (χ0) is 20.1. The van der Waals surface area contributed by atoms with Gasteiger partial charge in [0, 0.05) is 33.8 Å². The first-order valence-electron chi connectivity index (χ1n) is 9.03. The molecule has 146 valence electrons. The topological polar surface area (TPSA) is 87.6 Å². The molecule has 0 saturated carbocycles. The molecule has 1 fully saturated rings. The fourth-order valence-electron chi connectivity index (χ4n) is 3.64. The molecule has 6 nitrogen and oxygen atoms in total. The number of carboxylic acid groups (broad SMARTS) is 1. The van der Waals surface area contributed by atoms with E-state index in [0.717, 1.165) is 28.2 Å². The zero-order valence-electron chi connectivity index (χ0n) is 15.6. The summed E-state index contributed by atoms with van der Waals surface area (Å²) >= 11 is 1.63. The van der Waals surface area contributed by atoms with Crippen molar-refractivity contribution in [2.45, 2.75) is 31.6 Å². The number of sulfonamides is 1. The maximum atomic E-state index is 12.9. The number of carboxylic acids is 1. The number of pyridine rings is 1. The summed E-state index contributed by atoms with van der Waals surface area (Å²) in [6, 6.07) is 8.08. The van der Waals surface area contributed by atoms with Crippen LogP contribution in [0.1, 0.15) is 33.0 Å². The van der Waals surface area contributed by atoms with Crippen LogP contribution < -0.4 is 0 Å². The minimum atomic E-state index is -3.62. The summed E-state index contributed by atoms with van der Waals surface area (Å²) in [6.07, 6.45) is 1.69. The molecular weight excluding hydrogens is 396 g/mol. The van der Waals surface area contributed by atoms with Crippen LogP contribution in [0, 0.1) is 13.8 Å². The lowest BCUT2D eigenvalue weighted by atomic mass is 10.0. The Bertz CT molecular complexity index is 1190. The predicted molar refractivity (Wildman–Crippen MR) is 109 cm³/mol. The number of carbonyl (C=O) groups is 1. The van der Waals surface area contributed by atoms with Crippen LogP contribution in [-0.4, -0.2) is 41.9 Å². The van der Waals surface area contributed by atoms with Crippen molar-refractivity contribution in [1.29, 1.82) is 0 Å². The van der Waals surface area contributed by atoms with E-state index in [2.05, 4.69) is 4.98 Å². The fourth-order valence-corrected chi connectivity index (χ4v) is 6.12. The average molecular weight is 417 g/mol. The van der Waals surface area contributed by atoms with E-state index in [1.54, 1.807) is 17.4 Å². The molecule has 0 bridgehead atoms. The van der Waals surface area contributed by atoms with Crippen LogP contribution in [0.2, 0.25) is 0 Å². The number of aromatic nitrogens is 1. The normalized spacial score (nSPS) is 15.4. The van der Waals surface area contributed by atoms with E-state index in [1.165, 1.54) is 22.5 Å². The Balaban J connectivity index is 1.90. The highest BCUT2D eigenvalue weighted by Gasteiger charge is 2.28. The zero-order valence-corrected chi connectivity index (χ0v) is 17.2. The first kappa shape index (κ1) is 19.0. The maximum Gasteiger partial charge on any atom is 0.336 e. The molecule has 2 aromatic heterocycles. The predicted octanol–water partition coefficient (Wildman–Crippen LogP) is 4.06. The summed E-state index contributed by atoms with van der Waals surface area (Å²) in [5.41, 5.74) is 2.02. The minimum absolute atomic E-state index is 0.0572. The van der Waals surface area contributed by atoms with Crippen molar-refractivity contribution in [1.82, 2.24) is 9.29 Å². The Labute approximate surface area is 167 Å². The number of hydrogen-bond donors (Lipinski definition) is 1. The molecule has 8 heteroatoms. The third-order valence-corrected chi connectivity index (χ3v) is 7.89. The van der Waals surface area contributed by atoms with Gasteiger partial charge < -0.3 is 5.11 Å². The summed E-state index contributed by atoms with van der Waals surface area (Å²) in [4.78, 5) is 18.8. The summed E-state index contributed by atoms with van der Waals surface area (Å²) in [5, 5.41) is 10.1. The van der Waals surface area contributed by atoms with Gasteiger partial charge in [-0.1, -0.05) is 0 Å². The van der Waals surface area contributed by atoms with E-state index in [4.69, 9.17) is 0 Å². The Kier molecular flexibility index (Phi) is 4.73. The summed E-state index contributed by atoms with van der Waals surface area (Å²) in [7, 11) is -3.62. The molecule has 1 aromatic carbocycles. The highest BCUT2D eigenvalue weighted by Crippen LogP contribution is 2.33. The van der Waals surface area contributed by atoms with Crippen molar-refractivity contribution in [2.75, 3.05) is 13.1 Å².